The smallest absolute Gasteiger partial charge is 0.0220 e. The Hall–Kier alpha value is -0.0800. The first kappa shape index (κ1) is 14.9. The van der Waals surface area contributed by atoms with E-state index in [-0.39, 0.29) is 0 Å². The lowest BCUT2D eigenvalue weighted by Crippen LogP contribution is -2.45. The summed E-state index contributed by atoms with van der Waals surface area (Å²) in [5, 5.41) is 3.60. The molecule has 0 aromatic carbocycles. The molecule has 0 bridgehead atoms. The lowest BCUT2D eigenvalue weighted by atomic mass is 9.98. The highest BCUT2D eigenvalue weighted by Gasteiger charge is 2.18. The van der Waals surface area contributed by atoms with Crippen LogP contribution in [0.25, 0.3) is 0 Å². The third-order valence-corrected chi connectivity index (χ3v) is 3.63. The van der Waals surface area contributed by atoms with Crippen molar-refractivity contribution in [2.45, 2.75) is 59.5 Å². The van der Waals surface area contributed by atoms with Crippen molar-refractivity contribution in [1.29, 1.82) is 0 Å². The minimum absolute atomic E-state index is 0.638. The lowest BCUT2D eigenvalue weighted by Gasteiger charge is -2.32. The average molecular weight is 214 g/mol. The van der Waals surface area contributed by atoms with Gasteiger partial charge in [0.2, 0.25) is 0 Å². The molecular formula is C13H30N2. The molecule has 0 saturated carbocycles. The van der Waals surface area contributed by atoms with E-state index < -0.39 is 0 Å². The normalized spacial score (nSPS) is 17.8. The first-order valence-corrected chi connectivity index (χ1v) is 6.50. The molecule has 0 amide bonds. The topological polar surface area (TPSA) is 15.3 Å². The highest BCUT2D eigenvalue weighted by Crippen LogP contribution is 2.11. The van der Waals surface area contributed by atoms with Crippen LogP contribution in [0.15, 0.2) is 0 Å². The fourth-order valence-corrected chi connectivity index (χ4v) is 1.79. The third kappa shape index (κ3) is 5.53. The largest absolute Gasteiger partial charge is 0.313 e. The maximum absolute atomic E-state index is 3.60. The average Bonchev–Trinajstić information content (AvgIpc) is 2.26. The second-order valence-corrected chi connectivity index (χ2v) is 4.75. The monoisotopic (exact) mass is 214 g/mol. The molecule has 0 aliphatic rings. The second-order valence-electron chi connectivity index (χ2n) is 4.75. The summed E-state index contributed by atoms with van der Waals surface area (Å²) >= 11 is 0. The van der Waals surface area contributed by atoms with E-state index in [0.717, 1.165) is 19.0 Å². The van der Waals surface area contributed by atoms with Crippen LogP contribution in [0.4, 0.5) is 0 Å². The van der Waals surface area contributed by atoms with Gasteiger partial charge in [-0.15, -0.1) is 0 Å². The predicted molar refractivity (Wildman–Crippen MR) is 69.3 cm³/mol. The second kappa shape index (κ2) is 8.12. The van der Waals surface area contributed by atoms with Crippen LogP contribution in [0, 0.1) is 5.92 Å². The Labute approximate surface area is 96.4 Å². The molecular weight excluding hydrogens is 184 g/mol. The summed E-state index contributed by atoms with van der Waals surface area (Å²) in [6, 6.07) is 1.33. The van der Waals surface area contributed by atoms with Gasteiger partial charge in [0.15, 0.2) is 0 Å². The van der Waals surface area contributed by atoms with Gasteiger partial charge < -0.3 is 10.2 Å². The quantitative estimate of drug-likeness (QED) is 0.668. The number of nitrogens with one attached hydrogen (secondary N) is 1. The van der Waals surface area contributed by atoms with E-state index in [0.29, 0.717) is 12.1 Å². The SMILES string of the molecule is CCNC(CN(C)C(C)CC)C(C)CC. The van der Waals surface area contributed by atoms with Crippen molar-refractivity contribution in [3.05, 3.63) is 0 Å². The van der Waals surface area contributed by atoms with Gasteiger partial charge in [0.1, 0.15) is 0 Å². The van der Waals surface area contributed by atoms with E-state index in [1.807, 2.05) is 0 Å². The van der Waals surface area contributed by atoms with E-state index in [1.54, 1.807) is 0 Å². The Morgan fingerprint density at radius 2 is 1.67 bits per heavy atom. The molecule has 2 nitrogen and oxygen atoms in total. The van der Waals surface area contributed by atoms with Gasteiger partial charge in [-0.25, -0.2) is 0 Å². The summed E-state index contributed by atoms with van der Waals surface area (Å²) < 4.78 is 0. The Balaban J connectivity index is 4.14. The van der Waals surface area contributed by atoms with Crippen LogP contribution in [-0.4, -0.2) is 37.1 Å². The van der Waals surface area contributed by atoms with Gasteiger partial charge in [-0.3, -0.25) is 0 Å². The van der Waals surface area contributed by atoms with Crippen molar-refractivity contribution in [2.75, 3.05) is 20.1 Å². The maximum atomic E-state index is 3.60. The lowest BCUT2D eigenvalue weighted by molar-refractivity contribution is 0.198. The molecule has 2 heteroatoms. The number of hydrogen-bond acceptors (Lipinski definition) is 2. The number of rotatable bonds is 8. The molecule has 0 aliphatic heterocycles. The Morgan fingerprint density at radius 3 is 2.07 bits per heavy atom. The minimum atomic E-state index is 0.638. The van der Waals surface area contributed by atoms with Crippen LogP contribution in [0.2, 0.25) is 0 Å². The van der Waals surface area contributed by atoms with Gasteiger partial charge in [0.05, 0.1) is 0 Å². The van der Waals surface area contributed by atoms with Crippen molar-refractivity contribution < 1.29 is 0 Å². The molecule has 3 atom stereocenters. The summed E-state index contributed by atoms with van der Waals surface area (Å²) in [6.07, 6.45) is 2.49. The number of hydrogen-bond donors (Lipinski definition) is 1. The fraction of sp³-hybridized carbons (Fsp3) is 1.00. The summed E-state index contributed by atoms with van der Waals surface area (Å²) in [6.45, 7) is 13.6. The molecule has 1 N–H and O–H groups in total. The van der Waals surface area contributed by atoms with Gasteiger partial charge in [-0.2, -0.15) is 0 Å². The summed E-state index contributed by atoms with van der Waals surface area (Å²) in [5.74, 6) is 0.761. The molecule has 3 unspecified atom stereocenters. The summed E-state index contributed by atoms with van der Waals surface area (Å²) in [7, 11) is 2.24. The van der Waals surface area contributed by atoms with Crippen molar-refractivity contribution in [3.63, 3.8) is 0 Å². The first-order valence-electron chi connectivity index (χ1n) is 6.50. The number of likely N-dealkylation sites (N-methyl/N-ethyl adjacent to an activating group) is 2. The van der Waals surface area contributed by atoms with Crippen LogP contribution in [0.3, 0.4) is 0 Å². The van der Waals surface area contributed by atoms with Crippen LogP contribution >= 0.6 is 0 Å². The summed E-state index contributed by atoms with van der Waals surface area (Å²) in [5.41, 5.74) is 0. The molecule has 0 radical (unpaired) electrons. The van der Waals surface area contributed by atoms with Gasteiger partial charge in [-0.05, 0) is 32.9 Å². The Morgan fingerprint density at radius 1 is 1.07 bits per heavy atom. The third-order valence-electron chi connectivity index (χ3n) is 3.63. The molecule has 0 spiro atoms. The molecule has 0 aromatic heterocycles. The van der Waals surface area contributed by atoms with Crippen molar-refractivity contribution in [3.8, 4) is 0 Å². The molecule has 0 saturated heterocycles. The van der Waals surface area contributed by atoms with Crippen LogP contribution < -0.4 is 5.32 Å². The van der Waals surface area contributed by atoms with Gasteiger partial charge in [0, 0.05) is 18.6 Å². The zero-order valence-electron chi connectivity index (χ0n) is 11.5. The van der Waals surface area contributed by atoms with E-state index in [1.165, 1.54) is 12.8 Å². The molecule has 0 rings (SSSR count). The molecule has 0 fully saturated rings. The molecule has 0 heterocycles. The Bertz CT molecular complexity index is 147. The van der Waals surface area contributed by atoms with Gasteiger partial charge in [-0.1, -0.05) is 34.1 Å². The Kier molecular flexibility index (Phi) is 8.07. The van der Waals surface area contributed by atoms with Crippen molar-refractivity contribution in [2.24, 2.45) is 5.92 Å². The molecule has 0 aliphatic carbocycles. The molecule has 92 valence electrons. The fourth-order valence-electron chi connectivity index (χ4n) is 1.79. The molecule has 0 aromatic rings. The number of nitrogens with zero attached hydrogens (tertiary/aromatic N) is 1. The van der Waals surface area contributed by atoms with E-state index >= 15 is 0 Å². The summed E-state index contributed by atoms with van der Waals surface area (Å²) in [4.78, 5) is 2.47. The predicted octanol–water partition coefficient (Wildman–Crippen LogP) is 2.74. The minimum Gasteiger partial charge on any atom is -0.313 e. The van der Waals surface area contributed by atoms with Crippen molar-refractivity contribution in [1.82, 2.24) is 10.2 Å². The van der Waals surface area contributed by atoms with E-state index in [4.69, 9.17) is 0 Å². The van der Waals surface area contributed by atoms with E-state index in [9.17, 15) is 0 Å². The van der Waals surface area contributed by atoms with E-state index in [2.05, 4.69) is 51.9 Å². The maximum Gasteiger partial charge on any atom is 0.0220 e. The van der Waals surface area contributed by atoms with Gasteiger partial charge in [0.25, 0.3) is 0 Å². The highest BCUT2D eigenvalue weighted by molar-refractivity contribution is 4.77. The zero-order chi connectivity index (χ0) is 11.8. The van der Waals surface area contributed by atoms with Crippen LogP contribution in [-0.2, 0) is 0 Å². The highest BCUT2D eigenvalue weighted by atomic mass is 15.1. The standard InChI is InChI=1S/C13H30N2/c1-7-11(4)13(14-9-3)10-15(6)12(5)8-2/h11-14H,7-10H2,1-6H3. The molecule has 15 heavy (non-hydrogen) atoms. The van der Waals surface area contributed by atoms with Crippen LogP contribution in [0.1, 0.15) is 47.5 Å². The first-order chi connectivity index (χ1) is 7.06. The zero-order valence-corrected chi connectivity index (χ0v) is 11.5. The van der Waals surface area contributed by atoms with Crippen LogP contribution in [0.5, 0.6) is 0 Å². The van der Waals surface area contributed by atoms with Gasteiger partial charge >= 0.3 is 0 Å². The van der Waals surface area contributed by atoms with Crippen molar-refractivity contribution >= 4 is 0 Å².